The molecule has 0 bridgehead atoms. The molecule has 7 nitrogen and oxygen atoms in total. The van der Waals surface area contributed by atoms with Crippen LogP contribution in [-0.2, 0) is 11.2 Å². The molecule has 0 fully saturated rings. The molecule has 0 aliphatic carbocycles. The average molecular weight is 462 g/mol. The highest BCUT2D eigenvalue weighted by atomic mass is 35.5. The molecular formula is C25H20ClN3O4. The molecule has 0 radical (unpaired) electrons. The number of nitrogens with zero attached hydrogens (tertiary/aromatic N) is 1. The first-order valence-corrected chi connectivity index (χ1v) is 10.4. The number of amides is 1. The molecular weight excluding hydrogens is 442 g/mol. The molecule has 0 saturated heterocycles. The summed E-state index contributed by atoms with van der Waals surface area (Å²) in [4.78, 5) is 28.4. The van der Waals surface area contributed by atoms with Gasteiger partial charge in [0.15, 0.2) is 0 Å². The monoisotopic (exact) mass is 461 g/mol. The van der Waals surface area contributed by atoms with Crippen molar-refractivity contribution in [1.82, 2.24) is 4.98 Å². The summed E-state index contributed by atoms with van der Waals surface area (Å²) in [5.41, 5.74) is 8.43. The van der Waals surface area contributed by atoms with Gasteiger partial charge in [0.25, 0.3) is 5.91 Å². The Kier molecular flexibility index (Phi) is 6.42. The number of primary amides is 1. The summed E-state index contributed by atoms with van der Waals surface area (Å²) in [6, 6.07) is 19.2. The number of nitrogens with one attached hydrogen (secondary N) is 1. The molecule has 0 saturated carbocycles. The fourth-order valence-corrected chi connectivity index (χ4v) is 3.63. The molecule has 0 aliphatic heterocycles. The Morgan fingerprint density at radius 2 is 1.85 bits per heavy atom. The zero-order valence-corrected chi connectivity index (χ0v) is 18.4. The van der Waals surface area contributed by atoms with Crippen molar-refractivity contribution in [3.63, 3.8) is 0 Å². The number of halogens is 1. The number of esters is 1. The minimum Gasteiger partial charge on any atom is -0.496 e. The maximum absolute atomic E-state index is 12.2. The Bertz CT molecular complexity index is 1340. The van der Waals surface area contributed by atoms with Crippen LogP contribution in [0.2, 0.25) is 5.02 Å². The van der Waals surface area contributed by atoms with E-state index in [0.29, 0.717) is 44.4 Å². The molecule has 33 heavy (non-hydrogen) atoms. The van der Waals surface area contributed by atoms with Gasteiger partial charge in [-0.05, 0) is 42.0 Å². The first kappa shape index (κ1) is 22.1. The largest absolute Gasteiger partial charge is 0.496 e. The third-order valence-electron chi connectivity index (χ3n) is 4.97. The lowest BCUT2D eigenvalue weighted by atomic mass is 10.1. The number of para-hydroxylation sites is 1. The van der Waals surface area contributed by atoms with Crippen molar-refractivity contribution in [3.05, 3.63) is 89.1 Å². The van der Waals surface area contributed by atoms with Crippen molar-refractivity contribution < 1.29 is 19.1 Å². The van der Waals surface area contributed by atoms with Crippen molar-refractivity contribution in [2.45, 2.75) is 6.42 Å². The number of nitrogens with two attached hydrogens (primary N) is 1. The highest BCUT2D eigenvalue weighted by molar-refractivity contribution is 6.31. The predicted octanol–water partition coefficient (Wildman–Crippen LogP) is 4.89. The van der Waals surface area contributed by atoms with Gasteiger partial charge in [-0.25, -0.2) is 0 Å². The number of carbonyl (C=O) groups is 2. The zero-order chi connectivity index (χ0) is 23.4. The second-order valence-corrected chi connectivity index (χ2v) is 7.59. The summed E-state index contributed by atoms with van der Waals surface area (Å²) in [6.45, 7) is 0. The molecule has 1 amide bonds. The number of aromatic nitrogens is 1. The lowest BCUT2D eigenvalue weighted by molar-refractivity contribution is -0.133. The second-order valence-electron chi connectivity index (χ2n) is 7.19. The first-order chi connectivity index (χ1) is 15.9. The molecule has 0 unspecified atom stereocenters. The first-order valence-electron chi connectivity index (χ1n) is 10.0. The summed E-state index contributed by atoms with van der Waals surface area (Å²) in [5, 5.41) is 4.39. The van der Waals surface area contributed by atoms with Crippen LogP contribution in [-0.4, -0.2) is 24.0 Å². The van der Waals surface area contributed by atoms with Gasteiger partial charge in [-0.15, -0.1) is 0 Å². The van der Waals surface area contributed by atoms with Gasteiger partial charge in [-0.3, -0.25) is 14.6 Å². The fraction of sp³-hybridized carbons (Fsp3) is 0.0800. The van der Waals surface area contributed by atoms with Crippen LogP contribution in [0.15, 0.2) is 72.9 Å². The van der Waals surface area contributed by atoms with Crippen LogP contribution in [0.3, 0.4) is 0 Å². The number of ether oxygens (including phenoxy) is 2. The Morgan fingerprint density at radius 3 is 2.55 bits per heavy atom. The number of carbonyl (C=O) groups excluding carboxylic acids is 2. The minimum atomic E-state index is -0.599. The highest BCUT2D eigenvalue weighted by Gasteiger charge is 2.14. The van der Waals surface area contributed by atoms with E-state index in [4.69, 9.17) is 26.8 Å². The maximum Gasteiger partial charge on any atom is 0.315 e. The molecule has 1 heterocycles. The lowest BCUT2D eigenvalue weighted by Crippen LogP contribution is -2.12. The van der Waals surface area contributed by atoms with Crippen LogP contribution in [0.25, 0.3) is 10.9 Å². The number of methoxy groups -OCH3 is 1. The van der Waals surface area contributed by atoms with Gasteiger partial charge in [0.1, 0.15) is 11.5 Å². The van der Waals surface area contributed by atoms with Crippen molar-refractivity contribution in [2.24, 2.45) is 5.73 Å². The van der Waals surface area contributed by atoms with E-state index in [1.807, 2.05) is 12.1 Å². The third-order valence-corrected chi connectivity index (χ3v) is 5.32. The van der Waals surface area contributed by atoms with E-state index in [1.165, 1.54) is 7.11 Å². The molecule has 0 spiro atoms. The molecule has 4 aromatic rings. The number of fused-ring (bicyclic) bond motifs is 1. The standard InChI is InChI=1S/C25H20ClN3O4/c1-32-23-14-22-18(13-19(23)25(27)31)21(9-10-28-22)29-16-8-7-15(20(26)12-16)11-24(30)33-17-5-3-2-4-6-17/h2-10,12-14H,11H2,1H3,(H2,27,31)(H,28,29). The molecule has 8 heteroatoms. The number of hydrogen-bond donors (Lipinski definition) is 2. The third kappa shape index (κ3) is 5.05. The van der Waals surface area contributed by atoms with Gasteiger partial charge >= 0.3 is 5.97 Å². The van der Waals surface area contributed by atoms with Crippen LogP contribution >= 0.6 is 11.6 Å². The van der Waals surface area contributed by atoms with Gasteiger partial charge < -0.3 is 20.5 Å². The molecule has 166 valence electrons. The van der Waals surface area contributed by atoms with E-state index in [2.05, 4.69) is 10.3 Å². The summed E-state index contributed by atoms with van der Waals surface area (Å²) in [5.74, 6) is -0.168. The Labute approximate surface area is 195 Å². The summed E-state index contributed by atoms with van der Waals surface area (Å²) in [7, 11) is 1.47. The van der Waals surface area contributed by atoms with E-state index in [0.717, 1.165) is 0 Å². The summed E-state index contributed by atoms with van der Waals surface area (Å²) >= 11 is 6.43. The van der Waals surface area contributed by atoms with Gasteiger partial charge in [0, 0.05) is 34.0 Å². The van der Waals surface area contributed by atoms with Gasteiger partial charge in [0.2, 0.25) is 0 Å². The van der Waals surface area contributed by atoms with Gasteiger partial charge in [-0.2, -0.15) is 0 Å². The molecule has 0 atom stereocenters. The quantitative estimate of drug-likeness (QED) is 0.300. The Morgan fingerprint density at radius 1 is 1.06 bits per heavy atom. The normalized spacial score (nSPS) is 10.6. The van der Waals surface area contributed by atoms with Gasteiger partial charge in [-0.1, -0.05) is 35.9 Å². The van der Waals surface area contributed by atoms with E-state index in [-0.39, 0.29) is 12.0 Å². The highest BCUT2D eigenvalue weighted by Crippen LogP contribution is 2.32. The van der Waals surface area contributed by atoms with Crippen LogP contribution in [0.5, 0.6) is 11.5 Å². The number of anilines is 2. The van der Waals surface area contributed by atoms with Gasteiger partial charge in [0.05, 0.1) is 24.6 Å². The predicted molar refractivity (Wildman–Crippen MR) is 127 cm³/mol. The Hall–Kier alpha value is -4.10. The molecule has 3 N–H and O–H groups in total. The summed E-state index contributed by atoms with van der Waals surface area (Å²) in [6.07, 6.45) is 1.68. The molecule has 0 aliphatic rings. The molecule has 1 aromatic heterocycles. The number of hydrogen-bond acceptors (Lipinski definition) is 6. The number of benzene rings is 3. The van der Waals surface area contributed by atoms with E-state index in [1.54, 1.807) is 60.8 Å². The molecule has 4 rings (SSSR count). The van der Waals surface area contributed by atoms with E-state index < -0.39 is 11.9 Å². The minimum absolute atomic E-state index is 0.0357. The smallest absolute Gasteiger partial charge is 0.315 e. The Balaban J connectivity index is 1.56. The van der Waals surface area contributed by atoms with E-state index >= 15 is 0 Å². The van der Waals surface area contributed by atoms with E-state index in [9.17, 15) is 9.59 Å². The zero-order valence-electron chi connectivity index (χ0n) is 17.7. The van der Waals surface area contributed by atoms with Crippen molar-refractivity contribution in [3.8, 4) is 11.5 Å². The van der Waals surface area contributed by atoms with Crippen LogP contribution < -0.4 is 20.5 Å². The topological polar surface area (TPSA) is 104 Å². The van der Waals surface area contributed by atoms with Crippen LogP contribution in [0, 0.1) is 0 Å². The van der Waals surface area contributed by atoms with Crippen molar-refractivity contribution in [1.29, 1.82) is 0 Å². The summed E-state index contributed by atoms with van der Waals surface area (Å²) < 4.78 is 10.6. The SMILES string of the molecule is COc1cc2nccc(Nc3ccc(CC(=O)Oc4ccccc4)c(Cl)c3)c2cc1C(N)=O. The van der Waals surface area contributed by atoms with Crippen LogP contribution in [0.1, 0.15) is 15.9 Å². The van der Waals surface area contributed by atoms with Crippen molar-refractivity contribution >= 4 is 45.8 Å². The average Bonchev–Trinajstić information content (AvgIpc) is 2.80. The lowest BCUT2D eigenvalue weighted by Gasteiger charge is -2.13. The number of rotatable bonds is 7. The molecule has 3 aromatic carbocycles. The van der Waals surface area contributed by atoms with Crippen LogP contribution in [0.4, 0.5) is 11.4 Å². The fourth-order valence-electron chi connectivity index (χ4n) is 3.38. The second kappa shape index (κ2) is 9.58. The maximum atomic E-state index is 12.2. The number of pyridine rings is 1. The van der Waals surface area contributed by atoms with Crippen molar-refractivity contribution in [2.75, 3.05) is 12.4 Å².